The fourth-order valence-electron chi connectivity index (χ4n) is 3.39. The molecule has 0 N–H and O–H groups in total. The second-order valence-corrected chi connectivity index (χ2v) is 7.77. The Kier molecular flexibility index (Phi) is 5.78. The molecule has 144 valence electrons. The van der Waals surface area contributed by atoms with Crippen molar-refractivity contribution < 1.29 is 14.3 Å². The normalized spacial score (nSPS) is 17.6. The summed E-state index contributed by atoms with van der Waals surface area (Å²) in [7, 11) is 0. The van der Waals surface area contributed by atoms with Gasteiger partial charge >= 0.3 is 0 Å². The van der Waals surface area contributed by atoms with Crippen LogP contribution in [-0.4, -0.2) is 54.5 Å². The third kappa shape index (κ3) is 3.98. The molecule has 1 saturated heterocycles. The minimum atomic E-state index is -0.198. The van der Waals surface area contributed by atoms with E-state index in [4.69, 9.17) is 4.74 Å². The lowest BCUT2D eigenvalue weighted by Crippen LogP contribution is -2.40. The first-order valence-corrected chi connectivity index (χ1v) is 10.3. The van der Waals surface area contributed by atoms with Crippen LogP contribution in [0.25, 0.3) is 0 Å². The highest BCUT2D eigenvalue weighted by molar-refractivity contribution is 8.04. The van der Waals surface area contributed by atoms with E-state index < -0.39 is 0 Å². The van der Waals surface area contributed by atoms with E-state index in [1.54, 1.807) is 0 Å². The summed E-state index contributed by atoms with van der Waals surface area (Å²) in [5.74, 6) is -0.391. The van der Waals surface area contributed by atoms with Crippen molar-refractivity contribution in [2.75, 3.05) is 32.8 Å². The molecule has 0 unspecified atom stereocenters. The Labute approximate surface area is 169 Å². The van der Waals surface area contributed by atoms with Gasteiger partial charge in [-0.15, -0.1) is 0 Å². The van der Waals surface area contributed by atoms with Gasteiger partial charge in [-0.05, 0) is 24.1 Å². The predicted octanol–water partition coefficient (Wildman–Crippen LogP) is 2.93. The number of nitrogens with zero attached hydrogens (tertiary/aromatic N) is 2. The van der Waals surface area contributed by atoms with Crippen molar-refractivity contribution in [3.63, 3.8) is 0 Å². The SMILES string of the molecule is O=C1C(Sc2ccccc2)=C(N2CCOCC2)C(=O)N1CCc1ccccc1. The van der Waals surface area contributed by atoms with E-state index in [1.807, 2.05) is 65.6 Å². The zero-order valence-corrected chi connectivity index (χ0v) is 16.4. The smallest absolute Gasteiger partial charge is 0.278 e. The number of amides is 2. The van der Waals surface area contributed by atoms with Gasteiger partial charge < -0.3 is 9.64 Å². The molecule has 0 aromatic heterocycles. The summed E-state index contributed by atoms with van der Waals surface area (Å²) in [5.41, 5.74) is 1.63. The van der Waals surface area contributed by atoms with E-state index in [1.165, 1.54) is 16.7 Å². The zero-order valence-electron chi connectivity index (χ0n) is 15.5. The van der Waals surface area contributed by atoms with Gasteiger partial charge in [-0.3, -0.25) is 14.5 Å². The first kappa shape index (κ1) is 18.8. The fraction of sp³-hybridized carbons (Fsp3) is 0.273. The molecule has 5 nitrogen and oxygen atoms in total. The van der Waals surface area contributed by atoms with Gasteiger partial charge in [0.25, 0.3) is 11.8 Å². The molecule has 2 aliphatic rings. The maximum Gasteiger partial charge on any atom is 0.278 e. The number of morpholine rings is 1. The topological polar surface area (TPSA) is 49.9 Å². The molecule has 2 heterocycles. The third-order valence-electron chi connectivity index (χ3n) is 4.86. The van der Waals surface area contributed by atoms with Crippen LogP contribution in [0.5, 0.6) is 0 Å². The van der Waals surface area contributed by atoms with Crippen molar-refractivity contribution in [2.24, 2.45) is 0 Å². The Morgan fingerprint density at radius 2 is 1.50 bits per heavy atom. The average Bonchev–Trinajstić information content (AvgIpc) is 2.98. The van der Waals surface area contributed by atoms with Crippen molar-refractivity contribution in [1.29, 1.82) is 0 Å². The lowest BCUT2D eigenvalue weighted by atomic mass is 10.1. The summed E-state index contributed by atoms with van der Waals surface area (Å²) in [5, 5.41) is 0. The molecule has 2 aromatic carbocycles. The largest absolute Gasteiger partial charge is 0.378 e. The Balaban J connectivity index is 1.59. The van der Waals surface area contributed by atoms with Gasteiger partial charge in [0.1, 0.15) is 10.6 Å². The summed E-state index contributed by atoms with van der Waals surface area (Å²) < 4.78 is 5.43. The molecule has 2 aromatic rings. The van der Waals surface area contributed by atoms with Crippen LogP contribution in [0.4, 0.5) is 0 Å². The van der Waals surface area contributed by atoms with Gasteiger partial charge in [0.15, 0.2) is 0 Å². The highest BCUT2D eigenvalue weighted by Crippen LogP contribution is 2.36. The van der Waals surface area contributed by atoms with Crippen LogP contribution in [0.1, 0.15) is 5.56 Å². The van der Waals surface area contributed by atoms with Crippen molar-refractivity contribution in [2.45, 2.75) is 11.3 Å². The van der Waals surface area contributed by atoms with Gasteiger partial charge in [0, 0.05) is 24.5 Å². The zero-order chi connectivity index (χ0) is 19.3. The van der Waals surface area contributed by atoms with E-state index in [-0.39, 0.29) is 11.8 Å². The molecule has 0 aliphatic carbocycles. The van der Waals surface area contributed by atoms with Crippen LogP contribution < -0.4 is 0 Å². The lowest BCUT2D eigenvalue weighted by Gasteiger charge is -2.29. The van der Waals surface area contributed by atoms with Gasteiger partial charge in [0.2, 0.25) is 0 Å². The Bertz CT molecular complexity index is 877. The first-order valence-electron chi connectivity index (χ1n) is 9.44. The second-order valence-electron chi connectivity index (χ2n) is 6.69. The summed E-state index contributed by atoms with van der Waals surface area (Å²) >= 11 is 1.38. The molecule has 28 heavy (non-hydrogen) atoms. The minimum absolute atomic E-state index is 0.193. The van der Waals surface area contributed by atoms with Gasteiger partial charge in [-0.1, -0.05) is 60.3 Å². The van der Waals surface area contributed by atoms with Crippen LogP contribution in [0.15, 0.2) is 76.2 Å². The van der Waals surface area contributed by atoms with Crippen LogP contribution in [-0.2, 0) is 20.7 Å². The number of thioether (sulfide) groups is 1. The molecule has 0 spiro atoms. The number of ether oxygens (including phenoxy) is 1. The molecular formula is C22H22N2O3S. The van der Waals surface area contributed by atoms with Gasteiger partial charge in [0.05, 0.1) is 13.2 Å². The number of carbonyl (C=O) groups is 2. The monoisotopic (exact) mass is 394 g/mol. The summed E-state index contributed by atoms with van der Waals surface area (Å²) in [4.78, 5) is 31.2. The molecule has 0 bridgehead atoms. The van der Waals surface area contributed by atoms with Crippen molar-refractivity contribution in [3.05, 3.63) is 76.8 Å². The first-order chi connectivity index (χ1) is 13.7. The average molecular weight is 394 g/mol. The number of imide groups is 1. The molecule has 6 heteroatoms. The third-order valence-corrected chi connectivity index (χ3v) is 5.94. The second kappa shape index (κ2) is 8.63. The number of hydrogen-bond acceptors (Lipinski definition) is 5. The maximum atomic E-state index is 13.2. The minimum Gasteiger partial charge on any atom is -0.378 e. The summed E-state index contributed by atoms with van der Waals surface area (Å²) in [6, 6.07) is 19.7. The van der Waals surface area contributed by atoms with E-state index in [0.29, 0.717) is 49.9 Å². The Hall–Kier alpha value is -2.57. The lowest BCUT2D eigenvalue weighted by molar-refractivity contribution is -0.138. The Morgan fingerprint density at radius 3 is 2.18 bits per heavy atom. The highest BCUT2D eigenvalue weighted by atomic mass is 32.2. The fourth-order valence-corrected chi connectivity index (χ4v) is 4.43. The van der Waals surface area contributed by atoms with Crippen molar-refractivity contribution in [1.82, 2.24) is 9.80 Å². The molecular weight excluding hydrogens is 372 g/mol. The number of carbonyl (C=O) groups excluding carboxylic acids is 2. The van der Waals surface area contributed by atoms with Crippen LogP contribution >= 0.6 is 11.8 Å². The molecule has 4 rings (SSSR count). The predicted molar refractivity (Wildman–Crippen MR) is 109 cm³/mol. The van der Waals surface area contributed by atoms with Gasteiger partial charge in [-0.25, -0.2) is 0 Å². The van der Waals surface area contributed by atoms with Crippen LogP contribution in [0.3, 0.4) is 0 Å². The molecule has 1 fully saturated rings. The molecule has 2 aliphatic heterocycles. The summed E-state index contributed by atoms with van der Waals surface area (Å²) in [6.07, 6.45) is 0.651. The van der Waals surface area contributed by atoms with E-state index in [0.717, 1.165) is 10.5 Å². The Morgan fingerprint density at radius 1 is 0.857 bits per heavy atom. The van der Waals surface area contributed by atoms with E-state index in [2.05, 4.69) is 0 Å². The van der Waals surface area contributed by atoms with Gasteiger partial charge in [-0.2, -0.15) is 0 Å². The van der Waals surface area contributed by atoms with E-state index in [9.17, 15) is 9.59 Å². The quantitative estimate of drug-likeness (QED) is 0.705. The highest BCUT2D eigenvalue weighted by Gasteiger charge is 2.41. The number of rotatable bonds is 6. The van der Waals surface area contributed by atoms with Crippen LogP contribution in [0, 0.1) is 0 Å². The van der Waals surface area contributed by atoms with Crippen molar-refractivity contribution in [3.8, 4) is 0 Å². The number of benzene rings is 2. The molecule has 0 radical (unpaired) electrons. The standard InChI is InChI=1S/C22H22N2O3S/c25-21-19(23-13-15-27-16-14-23)20(28-18-9-5-2-6-10-18)22(26)24(21)12-11-17-7-3-1-4-8-17/h1-10H,11-16H2. The van der Waals surface area contributed by atoms with Crippen molar-refractivity contribution >= 4 is 23.6 Å². The molecule has 0 saturated carbocycles. The van der Waals surface area contributed by atoms with E-state index >= 15 is 0 Å². The molecule has 0 atom stereocenters. The maximum absolute atomic E-state index is 13.2. The van der Waals surface area contributed by atoms with Crippen LogP contribution in [0.2, 0.25) is 0 Å². The molecule has 2 amide bonds. The summed E-state index contributed by atoms with van der Waals surface area (Å²) in [6.45, 7) is 2.77. The number of hydrogen-bond donors (Lipinski definition) is 0.